The third kappa shape index (κ3) is 4.01. The van der Waals surface area contributed by atoms with E-state index in [9.17, 15) is 4.79 Å². The molecule has 6 heteroatoms. The number of anilines is 1. The smallest absolute Gasteiger partial charge is 0.262 e. The Morgan fingerprint density at radius 1 is 1.04 bits per heavy atom. The second-order valence-electron chi connectivity index (χ2n) is 6.60. The highest BCUT2D eigenvalue weighted by molar-refractivity contribution is 5.94. The van der Waals surface area contributed by atoms with Crippen molar-refractivity contribution in [1.29, 1.82) is 0 Å². The molecule has 1 N–H and O–H groups in total. The van der Waals surface area contributed by atoms with Crippen molar-refractivity contribution in [1.82, 2.24) is 9.97 Å². The minimum atomic E-state index is -0.239. The van der Waals surface area contributed by atoms with Gasteiger partial charge in [0.25, 0.3) is 5.91 Å². The summed E-state index contributed by atoms with van der Waals surface area (Å²) in [6.45, 7) is 3.92. The summed E-state index contributed by atoms with van der Waals surface area (Å²) in [5.74, 6) is 0.956. The zero-order valence-electron chi connectivity index (χ0n) is 15.6. The number of carbonyl (C=O) groups excluding carboxylic acids is 1. The fourth-order valence-electron chi connectivity index (χ4n) is 2.99. The number of oxazole rings is 1. The summed E-state index contributed by atoms with van der Waals surface area (Å²) in [7, 11) is 0. The average molecular weight is 373 g/mol. The number of pyridine rings is 1. The van der Waals surface area contributed by atoms with Crippen molar-refractivity contribution in [2.45, 2.75) is 13.8 Å². The summed E-state index contributed by atoms with van der Waals surface area (Å²) in [6.07, 6.45) is 3.37. The first-order valence-electron chi connectivity index (χ1n) is 8.89. The molecule has 0 aliphatic carbocycles. The molecule has 4 aromatic rings. The number of amides is 1. The molecule has 0 radical (unpaired) electrons. The Hall–Kier alpha value is -3.67. The van der Waals surface area contributed by atoms with Crippen LogP contribution in [-0.4, -0.2) is 22.5 Å². The summed E-state index contributed by atoms with van der Waals surface area (Å²) in [4.78, 5) is 20.7. The number of rotatable bonds is 5. The van der Waals surface area contributed by atoms with Gasteiger partial charge in [0.05, 0.1) is 0 Å². The summed E-state index contributed by atoms with van der Waals surface area (Å²) in [6, 6.07) is 14.9. The van der Waals surface area contributed by atoms with Crippen LogP contribution in [0.5, 0.6) is 5.75 Å². The maximum absolute atomic E-state index is 12.2. The molecule has 0 saturated carbocycles. The van der Waals surface area contributed by atoms with Gasteiger partial charge in [0.1, 0.15) is 11.3 Å². The summed E-state index contributed by atoms with van der Waals surface area (Å²) < 4.78 is 11.4. The zero-order chi connectivity index (χ0) is 19.5. The van der Waals surface area contributed by atoms with Gasteiger partial charge in [-0.3, -0.25) is 9.78 Å². The molecule has 0 unspecified atom stereocenters. The van der Waals surface area contributed by atoms with Crippen LogP contribution in [0.3, 0.4) is 0 Å². The molecule has 0 atom stereocenters. The lowest BCUT2D eigenvalue weighted by Crippen LogP contribution is -2.20. The number of aryl methyl sites for hydroxylation is 2. The molecule has 6 nitrogen and oxygen atoms in total. The van der Waals surface area contributed by atoms with Crippen LogP contribution in [0.25, 0.3) is 22.6 Å². The third-order valence-corrected chi connectivity index (χ3v) is 4.16. The number of hydrogen-bond acceptors (Lipinski definition) is 5. The molecule has 28 heavy (non-hydrogen) atoms. The van der Waals surface area contributed by atoms with Crippen LogP contribution in [0.4, 0.5) is 5.69 Å². The van der Waals surface area contributed by atoms with Crippen molar-refractivity contribution in [3.8, 4) is 17.2 Å². The third-order valence-electron chi connectivity index (χ3n) is 4.16. The topological polar surface area (TPSA) is 77.2 Å². The number of nitrogens with zero attached hydrogens (tertiary/aromatic N) is 2. The normalized spacial score (nSPS) is 10.8. The Labute approximate surface area is 162 Å². The van der Waals surface area contributed by atoms with E-state index in [2.05, 4.69) is 21.4 Å². The average Bonchev–Trinajstić information content (AvgIpc) is 3.10. The minimum Gasteiger partial charge on any atom is -0.484 e. The number of ether oxygens (including phenoxy) is 1. The van der Waals surface area contributed by atoms with E-state index < -0.39 is 0 Å². The van der Waals surface area contributed by atoms with Crippen molar-refractivity contribution in [2.75, 3.05) is 11.9 Å². The van der Waals surface area contributed by atoms with E-state index >= 15 is 0 Å². The Kier molecular flexibility index (Phi) is 4.76. The van der Waals surface area contributed by atoms with Gasteiger partial charge in [0.2, 0.25) is 5.89 Å². The fraction of sp³-hybridized carbons (Fsp3) is 0.136. The van der Waals surface area contributed by atoms with E-state index in [1.54, 1.807) is 30.6 Å². The molecule has 0 fully saturated rings. The molecule has 1 amide bonds. The first-order valence-corrected chi connectivity index (χ1v) is 8.89. The van der Waals surface area contributed by atoms with Crippen LogP contribution in [0, 0.1) is 13.8 Å². The van der Waals surface area contributed by atoms with Crippen LogP contribution in [0.2, 0.25) is 0 Å². The number of hydrogen-bond donors (Lipinski definition) is 1. The van der Waals surface area contributed by atoms with Crippen molar-refractivity contribution in [3.05, 3.63) is 72.1 Å². The Balaban J connectivity index is 1.44. The van der Waals surface area contributed by atoms with Gasteiger partial charge < -0.3 is 14.5 Å². The molecule has 2 aromatic heterocycles. The maximum Gasteiger partial charge on any atom is 0.262 e. The van der Waals surface area contributed by atoms with Crippen molar-refractivity contribution in [2.24, 2.45) is 0 Å². The van der Waals surface area contributed by atoms with E-state index in [0.717, 1.165) is 16.7 Å². The van der Waals surface area contributed by atoms with Crippen LogP contribution in [-0.2, 0) is 4.79 Å². The summed E-state index contributed by atoms with van der Waals surface area (Å²) in [5.41, 5.74) is 4.99. The van der Waals surface area contributed by atoms with Crippen molar-refractivity contribution < 1.29 is 13.9 Å². The highest BCUT2D eigenvalue weighted by atomic mass is 16.5. The lowest BCUT2D eigenvalue weighted by molar-refractivity contribution is -0.118. The number of carbonyl (C=O) groups is 1. The number of benzene rings is 2. The maximum atomic E-state index is 12.2. The van der Waals surface area contributed by atoms with E-state index in [1.807, 2.05) is 38.1 Å². The Bertz CT molecular complexity index is 1120. The van der Waals surface area contributed by atoms with E-state index in [4.69, 9.17) is 9.15 Å². The standard InChI is InChI=1S/C22H19N3O3/c1-14-9-15(2)11-18(10-14)27-13-21(26)24-17-3-4-20-19(12-17)25-22(28-20)16-5-7-23-8-6-16/h3-12H,13H2,1-2H3,(H,24,26). The fourth-order valence-corrected chi connectivity index (χ4v) is 2.99. The number of aromatic nitrogens is 2. The van der Waals surface area contributed by atoms with Gasteiger partial charge >= 0.3 is 0 Å². The Morgan fingerprint density at radius 2 is 1.79 bits per heavy atom. The van der Waals surface area contributed by atoms with Crippen molar-refractivity contribution >= 4 is 22.7 Å². The van der Waals surface area contributed by atoms with Gasteiger partial charge in [0.15, 0.2) is 12.2 Å². The molecular weight excluding hydrogens is 354 g/mol. The van der Waals surface area contributed by atoms with E-state index in [-0.39, 0.29) is 12.5 Å². The lowest BCUT2D eigenvalue weighted by Gasteiger charge is -2.09. The van der Waals surface area contributed by atoms with E-state index in [1.165, 1.54) is 0 Å². The molecule has 0 aliphatic rings. The van der Waals surface area contributed by atoms with Crippen LogP contribution in [0.1, 0.15) is 11.1 Å². The van der Waals surface area contributed by atoms with Gasteiger partial charge in [0, 0.05) is 23.6 Å². The predicted molar refractivity (Wildman–Crippen MR) is 107 cm³/mol. The van der Waals surface area contributed by atoms with Crippen LogP contribution in [0.15, 0.2) is 65.3 Å². The zero-order valence-corrected chi connectivity index (χ0v) is 15.6. The molecule has 4 rings (SSSR count). The highest BCUT2D eigenvalue weighted by Gasteiger charge is 2.10. The number of nitrogens with one attached hydrogen (secondary N) is 1. The summed E-state index contributed by atoms with van der Waals surface area (Å²) >= 11 is 0. The first-order chi connectivity index (χ1) is 13.6. The molecule has 2 heterocycles. The monoisotopic (exact) mass is 373 g/mol. The van der Waals surface area contributed by atoms with E-state index in [0.29, 0.717) is 28.4 Å². The quantitative estimate of drug-likeness (QED) is 0.556. The van der Waals surface area contributed by atoms with Gasteiger partial charge in [-0.15, -0.1) is 0 Å². The first kappa shape index (κ1) is 17.7. The van der Waals surface area contributed by atoms with Gasteiger partial charge in [-0.25, -0.2) is 4.98 Å². The van der Waals surface area contributed by atoms with Crippen LogP contribution < -0.4 is 10.1 Å². The SMILES string of the molecule is Cc1cc(C)cc(OCC(=O)Nc2ccc3oc(-c4ccncc4)nc3c2)c1. The minimum absolute atomic E-state index is 0.0674. The molecular formula is C22H19N3O3. The predicted octanol–water partition coefficient (Wildman–Crippen LogP) is 4.52. The Morgan fingerprint density at radius 3 is 2.54 bits per heavy atom. The second kappa shape index (κ2) is 7.52. The molecule has 0 aliphatic heterocycles. The number of fused-ring (bicyclic) bond motifs is 1. The van der Waals surface area contributed by atoms with Crippen molar-refractivity contribution in [3.63, 3.8) is 0 Å². The van der Waals surface area contributed by atoms with Gasteiger partial charge in [-0.1, -0.05) is 6.07 Å². The molecule has 2 aromatic carbocycles. The highest BCUT2D eigenvalue weighted by Crippen LogP contribution is 2.26. The van der Waals surface area contributed by atoms with Crippen LogP contribution >= 0.6 is 0 Å². The lowest BCUT2D eigenvalue weighted by atomic mass is 10.1. The molecule has 0 spiro atoms. The second-order valence-corrected chi connectivity index (χ2v) is 6.60. The molecule has 0 saturated heterocycles. The summed E-state index contributed by atoms with van der Waals surface area (Å²) in [5, 5.41) is 2.83. The van der Waals surface area contributed by atoms with Gasteiger partial charge in [-0.2, -0.15) is 0 Å². The van der Waals surface area contributed by atoms with Gasteiger partial charge in [-0.05, 0) is 67.4 Å². The largest absolute Gasteiger partial charge is 0.484 e. The molecule has 140 valence electrons. The molecule has 0 bridgehead atoms.